The number of ether oxygens (including phenoxy) is 1. The first-order chi connectivity index (χ1) is 5.86. The van der Waals surface area contributed by atoms with Crippen LogP contribution in [0.25, 0.3) is 0 Å². The molecule has 76 valence electrons. The van der Waals surface area contributed by atoms with Gasteiger partial charge in [0.1, 0.15) is 0 Å². The molecule has 0 saturated heterocycles. The summed E-state index contributed by atoms with van der Waals surface area (Å²) in [5.41, 5.74) is 9.30. The van der Waals surface area contributed by atoms with Gasteiger partial charge in [-0.3, -0.25) is 9.59 Å². The van der Waals surface area contributed by atoms with Crippen molar-refractivity contribution < 1.29 is 14.3 Å². The highest BCUT2D eigenvalue weighted by atomic mass is 16.5. The van der Waals surface area contributed by atoms with Crippen molar-refractivity contribution in [1.82, 2.24) is 0 Å². The third-order valence-corrected chi connectivity index (χ3v) is 1.62. The number of hydrogen-bond acceptors (Lipinski definition) is 3. The van der Waals surface area contributed by atoms with Crippen LogP contribution in [-0.4, -0.2) is 25.0 Å². The van der Waals surface area contributed by atoms with Crippen molar-refractivity contribution in [1.29, 1.82) is 0 Å². The van der Waals surface area contributed by atoms with Gasteiger partial charge in [-0.25, -0.2) is 0 Å². The fraction of sp³-hybridized carbons (Fsp3) is 0.750. The highest BCUT2D eigenvalue weighted by Crippen LogP contribution is 2.13. The van der Waals surface area contributed by atoms with Crippen LogP contribution in [0, 0.1) is 5.41 Å². The van der Waals surface area contributed by atoms with E-state index in [4.69, 9.17) is 16.2 Å². The van der Waals surface area contributed by atoms with E-state index in [1.165, 1.54) is 0 Å². The fourth-order valence-corrected chi connectivity index (χ4v) is 0.571. The van der Waals surface area contributed by atoms with Crippen LogP contribution in [0.15, 0.2) is 0 Å². The lowest BCUT2D eigenvalue weighted by Crippen LogP contribution is -2.35. The Morgan fingerprint density at radius 1 is 1.31 bits per heavy atom. The minimum Gasteiger partial charge on any atom is -0.380 e. The molecule has 0 aliphatic carbocycles. The van der Waals surface area contributed by atoms with E-state index >= 15 is 0 Å². The van der Waals surface area contributed by atoms with Gasteiger partial charge in [-0.2, -0.15) is 0 Å². The Balaban J connectivity index is 3.64. The Morgan fingerprint density at radius 3 is 2.23 bits per heavy atom. The van der Waals surface area contributed by atoms with E-state index in [1.807, 2.05) is 0 Å². The minimum atomic E-state index is -0.697. The van der Waals surface area contributed by atoms with E-state index in [9.17, 15) is 9.59 Å². The summed E-state index contributed by atoms with van der Waals surface area (Å²) in [5.74, 6) is -0.844. The molecular formula is C8H16N2O3. The molecule has 0 unspecified atom stereocenters. The molecular weight excluding hydrogens is 172 g/mol. The molecule has 0 bridgehead atoms. The third-order valence-electron chi connectivity index (χ3n) is 1.62. The SMILES string of the molecule is CC(C)(COCCC(N)=O)C(N)=O. The first kappa shape index (κ1) is 11.9. The topological polar surface area (TPSA) is 95.4 Å². The lowest BCUT2D eigenvalue weighted by Gasteiger charge is -2.19. The van der Waals surface area contributed by atoms with Crippen LogP contribution in [0.1, 0.15) is 20.3 Å². The van der Waals surface area contributed by atoms with Gasteiger partial charge in [0.15, 0.2) is 0 Å². The zero-order chi connectivity index (χ0) is 10.5. The largest absolute Gasteiger partial charge is 0.380 e. The normalized spacial score (nSPS) is 11.2. The number of primary amides is 2. The van der Waals surface area contributed by atoms with Crippen molar-refractivity contribution in [3.05, 3.63) is 0 Å². The van der Waals surface area contributed by atoms with Crippen LogP contribution in [0.3, 0.4) is 0 Å². The van der Waals surface area contributed by atoms with Crippen molar-refractivity contribution >= 4 is 11.8 Å². The van der Waals surface area contributed by atoms with Gasteiger partial charge in [0.2, 0.25) is 11.8 Å². The molecule has 0 aromatic carbocycles. The Bertz CT molecular complexity index is 202. The maximum absolute atomic E-state index is 10.8. The molecule has 2 amide bonds. The molecule has 0 heterocycles. The molecule has 0 fully saturated rings. The molecule has 0 aliphatic rings. The zero-order valence-electron chi connectivity index (χ0n) is 8.00. The average Bonchev–Trinajstić information content (AvgIpc) is 1.97. The Hall–Kier alpha value is -1.10. The standard InChI is InChI=1S/C8H16N2O3/c1-8(2,7(10)12)5-13-4-3-6(9)11/h3-5H2,1-2H3,(H2,9,11)(H2,10,12). The third kappa shape index (κ3) is 5.19. The molecule has 0 rings (SSSR count). The molecule has 13 heavy (non-hydrogen) atoms. The van der Waals surface area contributed by atoms with Crippen LogP contribution >= 0.6 is 0 Å². The summed E-state index contributed by atoms with van der Waals surface area (Å²) < 4.78 is 5.07. The number of amides is 2. The van der Waals surface area contributed by atoms with Gasteiger partial charge in [-0.15, -0.1) is 0 Å². The molecule has 0 radical (unpaired) electrons. The highest BCUT2D eigenvalue weighted by molar-refractivity contribution is 5.80. The van der Waals surface area contributed by atoms with Gasteiger partial charge < -0.3 is 16.2 Å². The Kier molecular flexibility index (Phi) is 4.40. The summed E-state index contributed by atoms with van der Waals surface area (Å²) in [5, 5.41) is 0. The molecule has 5 nitrogen and oxygen atoms in total. The van der Waals surface area contributed by atoms with Crippen molar-refractivity contribution in [2.75, 3.05) is 13.2 Å². The summed E-state index contributed by atoms with van der Waals surface area (Å²) in [6.45, 7) is 3.79. The Labute approximate surface area is 77.4 Å². The van der Waals surface area contributed by atoms with Crippen molar-refractivity contribution in [2.24, 2.45) is 16.9 Å². The quantitative estimate of drug-likeness (QED) is 0.544. The first-order valence-electron chi connectivity index (χ1n) is 4.02. The summed E-state index contributed by atoms with van der Waals surface area (Å²) in [4.78, 5) is 21.1. The van der Waals surface area contributed by atoms with Crippen LogP contribution < -0.4 is 11.5 Å². The summed E-state index contributed by atoms with van der Waals surface area (Å²) in [7, 11) is 0. The van der Waals surface area contributed by atoms with E-state index in [0.29, 0.717) is 0 Å². The van der Waals surface area contributed by atoms with E-state index in [0.717, 1.165) is 0 Å². The second-order valence-corrected chi connectivity index (χ2v) is 3.52. The first-order valence-corrected chi connectivity index (χ1v) is 4.02. The van der Waals surface area contributed by atoms with Crippen LogP contribution in [-0.2, 0) is 14.3 Å². The molecule has 0 spiro atoms. The van der Waals surface area contributed by atoms with Crippen molar-refractivity contribution in [3.63, 3.8) is 0 Å². The lowest BCUT2D eigenvalue weighted by molar-refractivity contribution is -0.129. The van der Waals surface area contributed by atoms with Crippen molar-refractivity contribution in [2.45, 2.75) is 20.3 Å². The summed E-state index contributed by atoms with van der Waals surface area (Å²) in [6.07, 6.45) is 0.162. The van der Waals surface area contributed by atoms with E-state index in [-0.39, 0.29) is 19.6 Å². The van der Waals surface area contributed by atoms with Gasteiger partial charge in [-0.1, -0.05) is 0 Å². The Morgan fingerprint density at radius 2 is 1.85 bits per heavy atom. The maximum atomic E-state index is 10.8. The molecule has 4 N–H and O–H groups in total. The van der Waals surface area contributed by atoms with Crippen molar-refractivity contribution in [3.8, 4) is 0 Å². The maximum Gasteiger partial charge on any atom is 0.225 e. The predicted octanol–water partition coefficient (Wildman–Crippen LogP) is -0.610. The van der Waals surface area contributed by atoms with Crippen LogP contribution in [0.5, 0.6) is 0 Å². The summed E-state index contributed by atoms with van der Waals surface area (Å²) >= 11 is 0. The highest BCUT2D eigenvalue weighted by Gasteiger charge is 2.24. The molecule has 5 heteroatoms. The van der Waals surface area contributed by atoms with Gasteiger partial charge in [0.25, 0.3) is 0 Å². The molecule has 0 aliphatic heterocycles. The molecule has 0 atom stereocenters. The average molecular weight is 188 g/mol. The molecule has 0 saturated carbocycles. The fourth-order valence-electron chi connectivity index (χ4n) is 0.571. The number of nitrogens with two attached hydrogens (primary N) is 2. The van der Waals surface area contributed by atoms with E-state index < -0.39 is 17.2 Å². The van der Waals surface area contributed by atoms with E-state index in [1.54, 1.807) is 13.8 Å². The number of hydrogen-bond donors (Lipinski definition) is 2. The van der Waals surface area contributed by atoms with Crippen LogP contribution in [0.4, 0.5) is 0 Å². The number of rotatable bonds is 6. The van der Waals surface area contributed by atoms with Gasteiger partial charge in [0.05, 0.1) is 18.6 Å². The summed E-state index contributed by atoms with van der Waals surface area (Å²) in [6, 6.07) is 0. The zero-order valence-corrected chi connectivity index (χ0v) is 8.00. The smallest absolute Gasteiger partial charge is 0.225 e. The van der Waals surface area contributed by atoms with Gasteiger partial charge in [0, 0.05) is 6.42 Å². The van der Waals surface area contributed by atoms with Gasteiger partial charge >= 0.3 is 0 Å². The number of carbonyl (C=O) groups excluding carboxylic acids is 2. The monoisotopic (exact) mass is 188 g/mol. The van der Waals surface area contributed by atoms with Gasteiger partial charge in [-0.05, 0) is 13.8 Å². The van der Waals surface area contributed by atoms with E-state index in [2.05, 4.69) is 0 Å². The second kappa shape index (κ2) is 4.81. The lowest BCUT2D eigenvalue weighted by atomic mass is 9.94. The second-order valence-electron chi connectivity index (χ2n) is 3.52. The van der Waals surface area contributed by atoms with Crippen LogP contribution in [0.2, 0.25) is 0 Å². The molecule has 0 aromatic heterocycles. The molecule has 0 aromatic rings. The predicted molar refractivity (Wildman–Crippen MR) is 47.6 cm³/mol. The number of carbonyl (C=O) groups is 2. The minimum absolute atomic E-state index is 0.162.